The average Bonchev–Trinajstić information content (AvgIpc) is 2.75. The maximum atomic E-state index is 11.7. The van der Waals surface area contributed by atoms with E-state index in [2.05, 4.69) is 15.6 Å². The van der Waals surface area contributed by atoms with Gasteiger partial charge in [-0.1, -0.05) is 23.7 Å². The molecular weight excluding hydrogens is 543 g/mol. The Labute approximate surface area is 212 Å². The molecule has 7 nitrogen and oxygen atoms in total. The smallest absolute Gasteiger partial charge is 0.259 e. The van der Waals surface area contributed by atoms with Crippen molar-refractivity contribution in [3.05, 3.63) is 59.1 Å². The molecule has 2 aromatic rings. The fraction of sp³-hybridized carbons (Fsp3) is 0.391. The highest BCUT2D eigenvalue weighted by atomic mass is 127. The first-order valence-electron chi connectivity index (χ1n) is 10.2. The van der Waals surface area contributed by atoms with Crippen LogP contribution in [0.25, 0.3) is 0 Å². The molecule has 2 N–H and O–H groups in total. The molecule has 1 atom stereocenters. The van der Waals surface area contributed by atoms with E-state index in [0.717, 1.165) is 17.9 Å². The van der Waals surface area contributed by atoms with Gasteiger partial charge in [0, 0.05) is 25.7 Å². The zero-order valence-electron chi connectivity index (χ0n) is 18.9. The Morgan fingerprint density at radius 2 is 1.84 bits per heavy atom. The Morgan fingerprint density at radius 1 is 1.12 bits per heavy atom. The predicted molar refractivity (Wildman–Crippen MR) is 140 cm³/mol. The van der Waals surface area contributed by atoms with Crippen LogP contribution in [0.1, 0.15) is 19.4 Å². The number of hydrogen-bond acceptors (Lipinski definition) is 4. The second kappa shape index (κ2) is 14.8. The third-order valence-electron chi connectivity index (χ3n) is 4.23. The summed E-state index contributed by atoms with van der Waals surface area (Å²) in [4.78, 5) is 17.8. The molecule has 0 spiro atoms. The molecule has 0 aromatic heterocycles. The molecule has 0 saturated carbocycles. The first-order chi connectivity index (χ1) is 14.9. The van der Waals surface area contributed by atoms with E-state index in [1.165, 1.54) is 4.90 Å². The van der Waals surface area contributed by atoms with Gasteiger partial charge in [-0.3, -0.25) is 4.79 Å². The number of aliphatic imine (C=N–C) groups is 1. The Morgan fingerprint density at radius 3 is 2.50 bits per heavy atom. The van der Waals surface area contributed by atoms with Crippen LogP contribution in [0.4, 0.5) is 0 Å². The summed E-state index contributed by atoms with van der Waals surface area (Å²) >= 11 is 5.91. The Hall–Kier alpha value is -2.20. The number of likely N-dealkylation sites (N-methyl/N-ethyl adjacent to an activating group) is 1. The van der Waals surface area contributed by atoms with E-state index in [4.69, 9.17) is 21.1 Å². The number of nitrogens with one attached hydrogen (secondary N) is 2. The zero-order chi connectivity index (χ0) is 22.6. The van der Waals surface area contributed by atoms with Crippen molar-refractivity contribution < 1.29 is 14.3 Å². The number of nitrogens with zero attached hydrogens (tertiary/aromatic N) is 2. The lowest BCUT2D eigenvalue weighted by Crippen LogP contribution is -2.41. The number of rotatable bonds is 10. The van der Waals surface area contributed by atoms with E-state index in [0.29, 0.717) is 29.8 Å². The molecule has 0 radical (unpaired) electrons. The highest BCUT2D eigenvalue weighted by Crippen LogP contribution is 2.17. The Bertz CT molecular complexity index is 863. The molecule has 1 unspecified atom stereocenters. The second-order valence-corrected chi connectivity index (χ2v) is 7.62. The molecule has 0 fully saturated rings. The summed E-state index contributed by atoms with van der Waals surface area (Å²) in [6.45, 7) is 5.82. The first-order valence-corrected chi connectivity index (χ1v) is 10.6. The first kappa shape index (κ1) is 27.8. The lowest BCUT2D eigenvalue weighted by Gasteiger charge is -2.18. The summed E-state index contributed by atoms with van der Waals surface area (Å²) in [6.07, 6.45) is -0.0593. The summed E-state index contributed by atoms with van der Waals surface area (Å²) in [5, 5.41) is 7.21. The molecule has 0 aliphatic heterocycles. The predicted octanol–water partition coefficient (Wildman–Crippen LogP) is 3.95. The fourth-order valence-corrected chi connectivity index (χ4v) is 2.67. The number of benzene rings is 2. The lowest BCUT2D eigenvalue weighted by atomic mass is 10.2. The number of carbonyl (C=O) groups is 1. The number of carbonyl (C=O) groups excluding carboxylic acids is 1. The number of guanidine groups is 1. The minimum Gasteiger partial charge on any atom is -0.489 e. The Balaban J connectivity index is 0.00000512. The van der Waals surface area contributed by atoms with Crippen LogP contribution in [0.15, 0.2) is 53.5 Å². The van der Waals surface area contributed by atoms with Crippen molar-refractivity contribution in [2.45, 2.75) is 26.5 Å². The standard InChI is InChI=1S/C23H31ClN4O3.HI/c1-5-25-23(26-14-17(2)31-20-11-9-19(24)10-12-20)27-15-18-7-6-8-21(13-18)30-16-22(29)28(3)4;/h6-13,17H,5,14-16H2,1-4H3,(H2,25,26,27);1H. The van der Waals surface area contributed by atoms with Crippen molar-refractivity contribution in [3.63, 3.8) is 0 Å². The summed E-state index contributed by atoms with van der Waals surface area (Å²) < 4.78 is 11.5. The maximum absolute atomic E-state index is 11.7. The highest BCUT2D eigenvalue weighted by molar-refractivity contribution is 14.0. The third kappa shape index (κ3) is 10.4. The van der Waals surface area contributed by atoms with E-state index in [9.17, 15) is 4.79 Å². The van der Waals surface area contributed by atoms with Crippen LogP contribution in [0, 0.1) is 0 Å². The van der Waals surface area contributed by atoms with Crippen LogP contribution in [-0.2, 0) is 11.3 Å². The van der Waals surface area contributed by atoms with Crippen LogP contribution in [0.5, 0.6) is 11.5 Å². The van der Waals surface area contributed by atoms with Crippen molar-refractivity contribution in [1.29, 1.82) is 0 Å². The monoisotopic (exact) mass is 574 g/mol. The van der Waals surface area contributed by atoms with Gasteiger partial charge in [0.05, 0.1) is 13.1 Å². The molecule has 0 saturated heterocycles. The normalized spacial score (nSPS) is 11.7. The van der Waals surface area contributed by atoms with Gasteiger partial charge in [-0.2, -0.15) is 0 Å². The van der Waals surface area contributed by atoms with Crippen LogP contribution in [-0.4, -0.2) is 56.7 Å². The van der Waals surface area contributed by atoms with Gasteiger partial charge in [0.25, 0.3) is 5.91 Å². The molecule has 2 rings (SSSR count). The van der Waals surface area contributed by atoms with Crippen molar-refractivity contribution in [3.8, 4) is 11.5 Å². The number of hydrogen-bond donors (Lipinski definition) is 2. The van der Waals surface area contributed by atoms with Gasteiger partial charge < -0.3 is 25.0 Å². The molecule has 0 aliphatic rings. The second-order valence-electron chi connectivity index (χ2n) is 7.18. The van der Waals surface area contributed by atoms with Gasteiger partial charge in [0.1, 0.15) is 17.6 Å². The fourth-order valence-electron chi connectivity index (χ4n) is 2.55. The quantitative estimate of drug-likeness (QED) is 0.255. The van der Waals surface area contributed by atoms with Crippen LogP contribution >= 0.6 is 35.6 Å². The molecular formula is C23H32ClIN4O3. The summed E-state index contributed by atoms with van der Waals surface area (Å²) in [7, 11) is 3.40. The van der Waals surface area contributed by atoms with Crippen molar-refractivity contribution in [2.24, 2.45) is 4.99 Å². The van der Waals surface area contributed by atoms with E-state index in [-0.39, 0.29) is 42.6 Å². The van der Waals surface area contributed by atoms with Gasteiger partial charge in [-0.15, -0.1) is 24.0 Å². The minimum absolute atomic E-state index is 0. The average molecular weight is 575 g/mol. The molecule has 2 aromatic carbocycles. The van der Waals surface area contributed by atoms with E-state index < -0.39 is 0 Å². The number of halogens is 2. The van der Waals surface area contributed by atoms with Gasteiger partial charge >= 0.3 is 0 Å². The molecule has 0 aliphatic carbocycles. The largest absolute Gasteiger partial charge is 0.489 e. The van der Waals surface area contributed by atoms with E-state index in [1.54, 1.807) is 26.2 Å². The Kier molecular flexibility index (Phi) is 12.9. The molecule has 1 amide bonds. The highest BCUT2D eigenvalue weighted by Gasteiger charge is 2.07. The van der Waals surface area contributed by atoms with Crippen LogP contribution in [0.3, 0.4) is 0 Å². The van der Waals surface area contributed by atoms with Crippen LogP contribution in [0.2, 0.25) is 5.02 Å². The lowest BCUT2D eigenvalue weighted by molar-refractivity contribution is -0.130. The summed E-state index contributed by atoms with van der Waals surface area (Å²) in [6, 6.07) is 14.9. The minimum atomic E-state index is -0.0861. The van der Waals surface area contributed by atoms with Gasteiger partial charge in [0.15, 0.2) is 12.6 Å². The molecule has 176 valence electrons. The van der Waals surface area contributed by atoms with Gasteiger partial charge in [-0.25, -0.2) is 4.99 Å². The SMILES string of the molecule is CCNC(=NCc1cccc(OCC(=O)N(C)C)c1)NCC(C)Oc1ccc(Cl)cc1.I. The van der Waals surface area contributed by atoms with Gasteiger partial charge in [-0.05, 0) is 55.8 Å². The maximum Gasteiger partial charge on any atom is 0.259 e. The third-order valence-corrected chi connectivity index (χ3v) is 4.48. The van der Waals surface area contributed by atoms with Gasteiger partial charge in [0.2, 0.25) is 0 Å². The van der Waals surface area contributed by atoms with E-state index in [1.807, 2.05) is 50.2 Å². The topological polar surface area (TPSA) is 75.2 Å². The zero-order valence-corrected chi connectivity index (χ0v) is 22.0. The number of ether oxygens (including phenoxy) is 2. The van der Waals surface area contributed by atoms with Crippen molar-refractivity contribution >= 4 is 47.4 Å². The molecule has 9 heteroatoms. The van der Waals surface area contributed by atoms with Crippen LogP contribution < -0.4 is 20.1 Å². The summed E-state index contributed by atoms with van der Waals surface area (Å²) in [5.41, 5.74) is 0.984. The number of amides is 1. The van der Waals surface area contributed by atoms with E-state index >= 15 is 0 Å². The van der Waals surface area contributed by atoms with Crippen molar-refractivity contribution in [2.75, 3.05) is 33.8 Å². The molecule has 0 heterocycles. The molecule has 0 bridgehead atoms. The molecule has 32 heavy (non-hydrogen) atoms. The summed E-state index contributed by atoms with van der Waals surface area (Å²) in [5.74, 6) is 2.02. The van der Waals surface area contributed by atoms with Crippen molar-refractivity contribution in [1.82, 2.24) is 15.5 Å².